The number of benzene rings is 1. The molecule has 0 N–H and O–H groups in total. The van der Waals surface area contributed by atoms with Crippen molar-refractivity contribution < 1.29 is 13.9 Å². The van der Waals surface area contributed by atoms with Gasteiger partial charge in [-0.3, -0.25) is 4.79 Å². The van der Waals surface area contributed by atoms with Gasteiger partial charge >= 0.3 is 5.97 Å². The fourth-order valence-corrected chi connectivity index (χ4v) is 1.77. The van der Waals surface area contributed by atoms with Crippen molar-refractivity contribution in [3.8, 4) is 0 Å². The molecule has 0 unspecified atom stereocenters. The van der Waals surface area contributed by atoms with Gasteiger partial charge in [0.15, 0.2) is 0 Å². The summed E-state index contributed by atoms with van der Waals surface area (Å²) in [5, 5.41) is 0.401. The summed E-state index contributed by atoms with van der Waals surface area (Å²) in [6, 6.07) is 4.60. The summed E-state index contributed by atoms with van der Waals surface area (Å²) >= 11 is 5.93. The molecule has 1 aromatic carbocycles. The highest BCUT2D eigenvalue weighted by Crippen LogP contribution is 2.20. The quantitative estimate of drug-likeness (QED) is 0.747. The predicted molar refractivity (Wildman–Crippen MR) is 69.0 cm³/mol. The lowest BCUT2D eigenvalue weighted by atomic mass is 10.2. The van der Waals surface area contributed by atoms with Gasteiger partial charge in [0.1, 0.15) is 5.82 Å². The van der Waals surface area contributed by atoms with E-state index in [9.17, 15) is 9.18 Å². The topological polar surface area (TPSA) is 29.5 Å². The molecular formula is C13H17ClFNO2. The maximum atomic E-state index is 13.5. The molecule has 0 aliphatic rings. The van der Waals surface area contributed by atoms with Crippen LogP contribution < -0.4 is 0 Å². The van der Waals surface area contributed by atoms with Crippen LogP contribution in [0.15, 0.2) is 18.2 Å². The van der Waals surface area contributed by atoms with E-state index in [1.807, 2.05) is 11.9 Å². The normalized spacial score (nSPS) is 10.7. The van der Waals surface area contributed by atoms with Gasteiger partial charge in [-0.05, 0) is 26.1 Å². The van der Waals surface area contributed by atoms with Gasteiger partial charge in [0.05, 0.1) is 13.0 Å². The summed E-state index contributed by atoms with van der Waals surface area (Å²) in [5.74, 6) is -0.575. The van der Waals surface area contributed by atoms with E-state index in [2.05, 4.69) is 0 Å². The lowest BCUT2D eigenvalue weighted by Gasteiger charge is -2.17. The average molecular weight is 274 g/mol. The van der Waals surface area contributed by atoms with Crippen LogP contribution in [-0.4, -0.2) is 31.1 Å². The van der Waals surface area contributed by atoms with Crippen LogP contribution in [0.1, 0.15) is 18.9 Å². The highest BCUT2D eigenvalue weighted by atomic mass is 35.5. The Morgan fingerprint density at radius 2 is 2.22 bits per heavy atom. The van der Waals surface area contributed by atoms with Gasteiger partial charge in [-0.1, -0.05) is 17.7 Å². The van der Waals surface area contributed by atoms with Crippen LogP contribution in [0.25, 0.3) is 0 Å². The number of halogens is 2. The molecule has 0 saturated heterocycles. The Morgan fingerprint density at radius 1 is 1.50 bits per heavy atom. The van der Waals surface area contributed by atoms with E-state index in [0.29, 0.717) is 30.3 Å². The first-order chi connectivity index (χ1) is 8.54. The standard InChI is InChI=1S/C13H17ClFNO2/c1-3-18-13(17)7-8-16(2)9-10-11(14)5-4-6-12(10)15/h4-6H,3,7-9H2,1-2H3. The number of hydrogen-bond acceptors (Lipinski definition) is 3. The molecule has 3 nitrogen and oxygen atoms in total. The number of hydrogen-bond donors (Lipinski definition) is 0. The van der Waals surface area contributed by atoms with Gasteiger partial charge in [-0.2, -0.15) is 0 Å². The van der Waals surface area contributed by atoms with Gasteiger partial charge in [-0.15, -0.1) is 0 Å². The van der Waals surface area contributed by atoms with E-state index in [1.165, 1.54) is 6.07 Å². The van der Waals surface area contributed by atoms with Gasteiger partial charge < -0.3 is 9.64 Å². The van der Waals surface area contributed by atoms with Crippen molar-refractivity contribution in [1.82, 2.24) is 4.90 Å². The molecule has 1 rings (SSSR count). The Balaban J connectivity index is 2.49. The van der Waals surface area contributed by atoms with Crippen LogP contribution in [0.3, 0.4) is 0 Å². The van der Waals surface area contributed by atoms with Crippen LogP contribution in [0.5, 0.6) is 0 Å². The molecule has 0 radical (unpaired) electrons. The summed E-state index contributed by atoms with van der Waals surface area (Å²) in [5.41, 5.74) is 0.450. The summed E-state index contributed by atoms with van der Waals surface area (Å²) in [6.45, 7) is 3.01. The summed E-state index contributed by atoms with van der Waals surface area (Å²) in [6.07, 6.45) is 0.288. The maximum Gasteiger partial charge on any atom is 0.307 e. The molecule has 0 bridgehead atoms. The summed E-state index contributed by atoms with van der Waals surface area (Å²) in [4.78, 5) is 13.0. The zero-order valence-electron chi connectivity index (χ0n) is 10.6. The molecule has 0 aliphatic carbocycles. The van der Waals surface area contributed by atoms with Crippen LogP contribution >= 0.6 is 11.6 Å². The predicted octanol–water partition coefficient (Wildman–Crippen LogP) is 2.86. The van der Waals surface area contributed by atoms with Gasteiger partial charge in [0, 0.05) is 23.7 Å². The molecule has 0 aliphatic heterocycles. The zero-order valence-corrected chi connectivity index (χ0v) is 11.3. The molecule has 0 atom stereocenters. The Hall–Kier alpha value is -1.13. The molecule has 0 fully saturated rings. The van der Waals surface area contributed by atoms with E-state index in [4.69, 9.17) is 16.3 Å². The highest BCUT2D eigenvalue weighted by Gasteiger charge is 2.11. The second kappa shape index (κ2) is 7.34. The van der Waals surface area contributed by atoms with Crippen molar-refractivity contribution in [1.29, 1.82) is 0 Å². The Labute approximate surface area is 111 Å². The van der Waals surface area contributed by atoms with Crippen LogP contribution in [0, 0.1) is 5.82 Å². The minimum Gasteiger partial charge on any atom is -0.466 e. The van der Waals surface area contributed by atoms with Crippen LogP contribution in [0.2, 0.25) is 5.02 Å². The molecule has 5 heteroatoms. The lowest BCUT2D eigenvalue weighted by molar-refractivity contribution is -0.143. The van der Waals surface area contributed by atoms with E-state index in [-0.39, 0.29) is 18.2 Å². The Bertz CT molecular complexity index is 392. The minimum atomic E-state index is -0.328. The molecule has 0 saturated carbocycles. The summed E-state index contributed by atoms with van der Waals surface area (Å²) in [7, 11) is 1.81. The van der Waals surface area contributed by atoms with Crippen molar-refractivity contribution in [3.05, 3.63) is 34.6 Å². The summed E-state index contributed by atoms with van der Waals surface area (Å²) < 4.78 is 18.4. The third kappa shape index (κ3) is 4.63. The number of ether oxygens (including phenoxy) is 1. The molecule has 0 spiro atoms. The first-order valence-corrected chi connectivity index (χ1v) is 6.19. The molecule has 0 aromatic heterocycles. The van der Waals surface area contributed by atoms with Gasteiger partial charge in [0.25, 0.3) is 0 Å². The van der Waals surface area contributed by atoms with E-state index in [1.54, 1.807) is 19.1 Å². The smallest absolute Gasteiger partial charge is 0.307 e. The largest absolute Gasteiger partial charge is 0.466 e. The first kappa shape index (κ1) is 14.9. The first-order valence-electron chi connectivity index (χ1n) is 5.81. The van der Waals surface area contributed by atoms with Gasteiger partial charge in [-0.25, -0.2) is 4.39 Å². The maximum absolute atomic E-state index is 13.5. The third-order valence-electron chi connectivity index (χ3n) is 2.49. The molecule has 18 heavy (non-hydrogen) atoms. The SMILES string of the molecule is CCOC(=O)CCN(C)Cc1c(F)cccc1Cl. The molecule has 0 heterocycles. The Morgan fingerprint density at radius 3 is 2.83 bits per heavy atom. The van der Waals surface area contributed by atoms with Gasteiger partial charge in [0.2, 0.25) is 0 Å². The van der Waals surface area contributed by atoms with Crippen molar-refractivity contribution in [2.24, 2.45) is 0 Å². The monoisotopic (exact) mass is 273 g/mol. The Kier molecular flexibility index (Phi) is 6.09. The second-order valence-electron chi connectivity index (χ2n) is 3.99. The third-order valence-corrected chi connectivity index (χ3v) is 2.85. The fraction of sp³-hybridized carbons (Fsp3) is 0.462. The number of rotatable bonds is 6. The van der Waals surface area contributed by atoms with Crippen molar-refractivity contribution >= 4 is 17.6 Å². The molecule has 100 valence electrons. The molecule has 0 amide bonds. The number of nitrogens with zero attached hydrogens (tertiary/aromatic N) is 1. The van der Waals surface area contributed by atoms with Crippen LogP contribution in [0.4, 0.5) is 4.39 Å². The number of carbonyl (C=O) groups is 1. The highest BCUT2D eigenvalue weighted by molar-refractivity contribution is 6.31. The van der Waals surface area contributed by atoms with Crippen molar-refractivity contribution in [3.63, 3.8) is 0 Å². The van der Waals surface area contributed by atoms with E-state index < -0.39 is 0 Å². The minimum absolute atomic E-state index is 0.246. The fourth-order valence-electron chi connectivity index (χ4n) is 1.55. The molecular weight excluding hydrogens is 257 g/mol. The van der Waals surface area contributed by atoms with E-state index >= 15 is 0 Å². The van der Waals surface area contributed by atoms with Crippen LogP contribution in [-0.2, 0) is 16.1 Å². The van der Waals surface area contributed by atoms with Crippen molar-refractivity contribution in [2.75, 3.05) is 20.2 Å². The lowest BCUT2D eigenvalue weighted by Crippen LogP contribution is -2.23. The second-order valence-corrected chi connectivity index (χ2v) is 4.40. The molecule has 1 aromatic rings. The average Bonchev–Trinajstić information content (AvgIpc) is 2.32. The van der Waals surface area contributed by atoms with E-state index in [0.717, 1.165) is 0 Å². The van der Waals surface area contributed by atoms with Crippen molar-refractivity contribution in [2.45, 2.75) is 19.9 Å². The zero-order chi connectivity index (χ0) is 13.5. The number of carbonyl (C=O) groups excluding carboxylic acids is 1. The number of esters is 1.